The third-order valence-corrected chi connectivity index (χ3v) is 23.0. The monoisotopic (exact) mass is 1870 g/mol. The van der Waals surface area contributed by atoms with Crippen molar-refractivity contribution in [3.63, 3.8) is 0 Å². The molecule has 3 atom stereocenters. The van der Waals surface area contributed by atoms with Gasteiger partial charge < -0.3 is 61.7 Å². The smallest absolute Gasteiger partial charge is 0.274 e. The van der Waals surface area contributed by atoms with E-state index in [9.17, 15) is 19.5 Å². The van der Waals surface area contributed by atoms with Gasteiger partial charge in [0.1, 0.15) is 52.6 Å². The number of nitrogens with two attached hydrogens (primary N) is 3. The molecule has 18 rings (SSSR count). The lowest BCUT2D eigenvalue weighted by Gasteiger charge is -2.23. The summed E-state index contributed by atoms with van der Waals surface area (Å²) in [6, 6.07) is 87.1. The molecule has 10 N–H and O–H groups in total. The zero-order chi connectivity index (χ0) is 95.4. The summed E-state index contributed by atoms with van der Waals surface area (Å²) in [4.78, 5) is 47.6. The second-order valence-corrected chi connectivity index (χ2v) is 35.7. The largest absolute Gasteiger partial charge is 0.496 e. The van der Waals surface area contributed by atoms with Crippen molar-refractivity contribution in [2.45, 2.75) is 97.0 Å². The zero-order valence-corrected chi connectivity index (χ0v) is 78.6. The number of nitrogens with zero attached hydrogens (tertiary/aromatic N) is 8. The summed E-state index contributed by atoms with van der Waals surface area (Å²) in [5, 5.41) is 45.5. The van der Waals surface area contributed by atoms with E-state index in [0.717, 1.165) is 113 Å². The molecule has 3 heterocycles. The predicted molar refractivity (Wildman–Crippen MR) is 536 cm³/mol. The Kier molecular flexibility index (Phi) is 35.6. The highest BCUT2D eigenvalue weighted by molar-refractivity contribution is 8.26. The van der Waals surface area contributed by atoms with Gasteiger partial charge in [-0.05, 0) is 228 Å². The number of rotatable bonds is 32. The second kappa shape index (κ2) is 48.5. The molecule has 3 aliphatic carbocycles. The number of aliphatic hydroxyl groups excluding tert-OH is 2. The number of aryl methyl sites for hydroxylation is 3. The fraction of sp³-hybridized carbons (Fsp3) is 0.259. The molecule has 0 saturated heterocycles. The number of benzene rings is 12. The number of carbonyl (C=O) groups is 3. The first-order valence-electron chi connectivity index (χ1n) is 44.8. The van der Waals surface area contributed by atoms with Gasteiger partial charge in [0.2, 0.25) is 9.23 Å². The van der Waals surface area contributed by atoms with Gasteiger partial charge in [0.15, 0.2) is 22.9 Å². The summed E-state index contributed by atoms with van der Waals surface area (Å²) in [7, 11) is 12.3. The number of Topliss-reactive ketones (excluding diaryl/α,β-unsaturated/α-hetero) is 2. The molecular weight excluding hydrogens is 1760 g/mol. The first-order valence-corrected chi connectivity index (χ1v) is 47.6. The van der Waals surface area contributed by atoms with Crippen LogP contribution >= 0.6 is 21.4 Å². The van der Waals surface area contributed by atoms with Gasteiger partial charge in [0.25, 0.3) is 5.91 Å². The van der Waals surface area contributed by atoms with Crippen molar-refractivity contribution in [3.8, 4) is 34.3 Å². The Labute approximate surface area is 798 Å². The Bertz CT molecular complexity index is 6720. The third kappa shape index (κ3) is 26.8. The summed E-state index contributed by atoms with van der Waals surface area (Å²) in [5.41, 5.74) is 31.5. The summed E-state index contributed by atoms with van der Waals surface area (Å²) in [5.74, 6) is 3.64. The molecular formula is C108H111Cl2N13O11S. The van der Waals surface area contributed by atoms with Crippen LogP contribution in [0.4, 0.5) is 17.1 Å². The summed E-state index contributed by atoms with van der Waals surface area (Å²) >= 11 is 0. The molecule has 3 aromatic heterocycles. The third-order valence-electron chi connectivity index (χ3n) is 23.0. The highest BCUT2D eigenvalue weighted by atomic mass is 36.0. The van der Waals surface area contributed by atoms with Crippen LogP contribution in [-0.4, -0.2) is 129 Å². The van der Waals surface area contributed by atoms with Gasteiger partial charge in [-0.25, -0.2) is 27.9 Å². The highest BCUT2D eigenvalue weighted by Crippen LogP contribution is 2.45. The Morgan fingerprint density at radius 2 is 0.837 bits per heavy atom. The van der Waals surface area contributed by atoms with Gasteiger partial charge in [-0.1, -0.05) is 188 Å². The first-order chi connectivity index (χ1) is 65.6. The van der Waals surface area contributed by atoms with Crippen molar-refractivity contribution in [1.82, 2.24) is 34.7 Å². The maximum Gasteiger partial charge on any atom is 0.274 e. The number of ether oxygens (including phenoxy) is 5. The van der Waals surface area contributed by atoms with Crippen LogP contribution in [-0.2, 0) is 38.1 Å². The van der Waals surface area contributed by atoms with E-state index in [4.69, 9.17) is 63.3 Å². The number of hydrogen-bond donors (Lipinski definition) is 7. The molecule has 0 aliphatic heterocycles. The van der Waals surface area contributed by atoms with Crippen LogP contribution in [0, 0.1) is 51.7 Å². The fourth-order valence-electron chi connectivity index (χ4n) is 15.8. The molecule has 694 valence electrons. The molecule has 1 amide bonds. The minimum Gasteiger partial charge on any atom is -0.496 e. The molecule has 27 heteroatoms. The average Bonchev–Trinajstić information content (AvgIpc) is 1.55. The summed E-state index contributed by atoms with van der Waals surface area (Å²) < 4.78 is 44.5. The van der Waals surface area contributed by atoms with Crippen LogP contribution in [0.2, 0.25) is 0 Å². The van der Waals surface area contributed by atoms with Crippen molar-refractivity contribution in [2.24, 2.45) is 35.0 Å². The molecule has 3 unspecified atom stereocenters. The number of methoxy groups -OCH3 is 3. The quantitative estimate of drug-likeness (QED) is 0.00891. The standard InChI is InChI=1S/C35H31N3O3.C35H35N3O3.C30H24N4O3.C4H13N3.C4H8O.Cl2OS/c1-23-18-31(38(37-23)29-12-7-11-28(21-29)36-2)32(39)20-25-8-6-10-27(19-25)35(41-22-24-14-15-24)34-30-13-5-4-9-26(30)16-17-33(34)40-3;1-23-17-31(38(37-23)29-11-6-8-26(19-29)21-36)32(39)20-25-7-5-10-28(18-25)35(41-22-24-13-14-24)34-30-12-4-3-9-27(30)15-16-33(34)40-2;1-19-16-26(34(33-19)24-12-7-10-22(18-24)31-2)30(36)32-23-11-6-9-21(17-23)29(35)28-25-13-5-4-8-20(25)14-15-27(28)37-3;5-1-3-7-4-2-6;5-3-4-1-2-4;1-4(2)3/h4-13,16-19,21,24,35H,14-15,20,22H2,1,3H3;3-12,15-19,24,35H,13-14,20-22,36H2,1-2H3;4-18,29,35H,1,3H3,(H,32,36);7H,1-6H2;4-5H,1-3H2;. The maximum atomic E-state index is 13.7. The molecule has 135 heavy (non-hydrogen) atoms. The Morgan fingerprint density at radius 3 is 1.24 bits per heavy atom. The molecule has 24 nitrogen and oxygen atoms in total. The van der Waals surface area contributed by atoms with E-state index in [0.29, 0.717) is 125 Å². The minimum atomic E-state index is -1.67. The van der Waals surface area contributed by atoms with E-state index in [1.807, 2.05) is 153 Å². The fourth-order valence-corrected chi connectivity index (χ4v) is 15.8. The number of ketones is 2. The first kappa shape index (κ1) is 99.1. The van der Waals surface area contributed by atoms with Gasteiger partial charge in [0.05, 0.1) is 81.8 Å². The summed E-state index contributed by atoms with van der Waals surface area (Å²) in [6.07, 6.45) is 6.15. The van der Waals surface area contributed by atoms with Crippen LogP contribution in [0.3, 0.4) is 0 Å². The Morgan fingerprint density at radius 1 is 0.459 bits per heavy atom. The molecule has 12 aromatic carbocycles. The van der Waals surface area contributed by atoms with Crippen molar-refractivity contribution in [2.75, 3.05) is 72.6 Å². The van der Waals surface area contributed by atoms with Crippen LogP contribution < -0.4 is 42.0 Å². The number of halogens is 2. The van der Waals surface area contributed by atoms with E-state index in [1.54, 1.807) is 110 Å². The lowest BCUT2D eigenvalue weighted by Crippen LogP contribution is -2.27. The predicted octanol–water partition coefficient (Wildman–Crippen LogP) is 20.7. The lowest BCUT2D eigenvalue weighted by molar-refractivity contribution is 0.0710. The topological polar surface area (TPSA) is 319 Å². The van der Waals surface area contributed by atoms with Gasteiger partial charge in [0, 0.05) is 95.9 Å². The average molecular weight is 1870 g/mol. The number of amides is 1. The number of anilines is 1. The Hall–Kier alpha value is -13.4. The molecule has 3 fully saturated rings. The number of nitrogens with one attached hydrogen (secondary N) is 2. The van der Waals surface area contributed by atoms with Crippen molar-refractivity contribution < 1.29 is 52.5 Å². The van der Waals surface area contributed by atoms with Crippen molar-refractivity contribution in [3.05, 3.63) is 380 Å². The number of fused-ring (bicyclic) bond motifs is 3. The van der Waals surface area contributed by atoms with E-state index in [2.05, 4.69) is 118 Å². The van der Waals surface area contributed by atoms with Crippen LogP contribution in [0.15, 0.2) is 273 Å². The number of aliphatic hydroxyl groups is 2. The number of aromatic nitrogens is 6. The molecule has 15 aromatic rings. The minimum absolute atomic E-state index is 0.000841. The number of hydrogen-bond acceptors (Lipinski definition) is 18. The zero-order valence-electron chi connectivity index (χ0n) is 76.3. The van der Waals surface area contributed by atoms with E-state index < -0.39 is 15.3 Å². The van der Waals surface area contributed by atoms with Gasteiger partial charge in [-0.2, -0.15) is 15.3 Å². The van der Waals surface area contributed by atoms with Crippen molar-refractivity contribution >= 4 is 97.4 Å². The Balaban J connectivity index is 0.000000158. The van der Waals surface area contributed by atoms with Crippen LogP contribution in [0.25, 0.3) is 59.1 Å². The van der Waals surface area contributed by atoms with E-state index >= 15 is 0 Å². The normalized spacial score (nSPS) is 13.1. The molecule has 3 saturated carbocycles. The summed E-state index contributed by atoms with van der Waals surface area (Å²) in [6.45, 7) is 25.5. The SMILES string of the molecule is COc1ccc2ccccc2c1C(OCC1CC1)c1cccc(CC(=O)c2cc(C)nn2-c2cccc(CN)c2)c1.NCCNCCN.O=S(Cl)Cl.OCC1CC1.[C-]#[N+]c1cccc(-n2nc(C)cc2C(=O)Cc2cccc(C(OCC3CC3)c3c(OC)ccc4ccccc34)c2)c1.[C-]#[N+]c1cccc(-n2nc(C)cc2C(=O)Nc2cccc(C(O)c3c(OC)ccc4ccccc34)c2)c1. The molecule has 0 bridgehead atoms. The van der Waals surface area contributed by atoms with E-state index in [-0.39, 0.29) is 42.5 Å². The van der Waals surface area contributed by atoms with Crippen LogP contribution in [0.5, 0.6) is 17.2 Å². The van der Waals surface area contributed by atoms with Gasteiger partial charge in [-0.3, -0.25) is 14.4 Å². The maximum absolute atomic E-state index is 13.7. The number of carbonyl (C=O) groups excluding carboxylic acids is 3. The van der Waals surface area contributed by atoms with Crippen molar-refractivity contribution in [1.29, 1.82) is 0 Å². The highest BCUT2D eigenvalue weighted by Gasteiger charge is 2.32. The van der Waals surface area contributed by atoms with Crippen LogP contribution in [0.1, 0.15) is 155 Å². The molecule has 0 radical (unpaired) electrons. The molecule has 0 spiro atoms. The second-order valence-electron chi connectivity index (χ2n) is 33.2. The van der Waals surface area contributed by atoms with E-state index in [1.165, 1.54) is 43.2 Å². The lowest BCUT2D eigenvalue weighted by atomic mass is 9.93. The molecule has 3 aliphatic rings. The van der Waals surface area contributed by atoms with Gasteiger partial charge >= 0.3 is 0 Å². The van der Waals surface area contributed by atoms with Gasteiger partial charge in [-0.15, -0.1) is 0 Å².